The second-order valence-corrected chi connectivity index (χ2v) is 3.49. The van der Waals surface area contributed by atoms with Gasteiger partial charge in [-0.3, -0.25) is 0 Å². The number of hydrogen-bond acceptors (Lipinski definition) is 3. The fraction of sp³-hybridized carbons (Fsp3) is 0.364. The molecule has 1 aliphatic heterocycles. The highest BCUT2D eigenvalue weighted by atomic mass is 16.4. The Labute approximate surface area is 83.7 Å². The molecular weight excluding hydrogens is 176 g/mol. The second-order valence-electron chi connectivity index (χ2n) is 3.49. The van der Waals surface area contributed by atoms with Crippen LogP contribution in [0.1, 0.15) is 14.2 Å². The number of benzene rings is 1. The predicted molar refractivity (Wildman–Crippen MR) is 55.5 cm³/mol. The Balaban J connectivity index is 1.98. The molecule has 0 amide bonds. The van der Waals surface area contributed by atoms with Crippen molar-refractivity contribution in [1.29, 1.82) is 0 Å². The summed E-state index contributed by atoms with van der Waals surface area (Å²) in [6.45, 7) is 1.60. The summed E-state index contributed by atoms with van der Waals surface area (Å²) < 4.78 is 13.3. The van der Waals surface area contributed by atoms with Gasteiger partial charge < -0.3 is 9.32 Å². The highest BCUT2D eigenvalue weighted by Crippen LogP contribution is 2.24. The molecule has 72 valence electrons. The van der Waals surface area contributed by atoms with Crippen molar-refractivity contribution in [3.8, 4) is 0 Å². The zero-order chi connectivity index (χ0) is 10.3. The maximum Gasteiger partial charge on any atom is 0.298 e. The molecule has 0 spiro atoms. The zero-order valence-electron chi connectivity index (χ0n) is 8.81. The van der Waals surface area contributed by atoms with Gasteiger partial charge in [-0.15, -0.1) is 0 Å². The van der Waals surface area contributed by atoms with Gasteiger partial charge in [0.2, 0.25) is 0 Å². The van der Waals surface area contributed by atoms with E-state index in [9.17, 15) is 0 Å². The molecule has 1 aromatic heterocycles. The minimum atomic E-state index is 0.0000113. The van der Waals surface area contributed by atoms with E-state index in [4.69, 9.17) is 5.79 Å². The first-order chi connectivity index (χ1) is 7.33. The third-order valence-corrected chi connectivity index (χ3v) is 2.51. The summed E-state index contributed by atoms with van der Waals surface area (Å²) in [7, 11) is 0. The van der Waals surface area contributed by atoms with Crippen LogP contribution in [-0.4, -0.2) is 18.1 Å². The van der Waals surface area contributed by atoms with Crippen LogP contribution in [0.4, 0.5) is 6.01 Å². The van der Waals surface area contributed by atoms with Crippen LogP contribution in [0.3, 0.4) is 0 Å². The fourth-order valence-electron chi connectivity index (χ4n) is 1.75. The molecule has 14 heavy (non-hydrogen) atoms. The Morgan fingerprint density at radius 2 is 2.29 bits per heavy atom. The van der Waals surface area contributed by atoms with Crippen LogP contribution in [0.15, 0.2) is 28.7 Å². The van der Waals surface area contributed by atoms with Crippen molar-refractivity contribution in [2.45, 2.75) is 12.8 Å². The third-order valence-electron chi connectivity index (χ3n) is 2.51. The summed E-state index contributed by atoms with van der Waals surface area (Å²) in [4.78, 5) is 6.44. The number of nitrogens with zero attached hydrogens (tertiary/aromatic N) is 2. The SMILES string of the molecule is [2H][C@@H]1CCN(c2nc3ccccc3o2)C1. The molecule has 0 saturated carbocycles. The second kappa shape index (κ2) is 3.01. The maximum atomic E-state index is 7.64. The van der Waals surface area contributed by atoms with Crippen molar-refractivity contribution < 1.29 is 5.79 Å². The molecule has 3 rings (SSSR count). The van der Waals surface area contributed by atoms with E-state index < -0.39 is 0 Å². The van der Waals surface area contributed by atoms with Crippen molar-refractivity contribution in [2.24, 2.45) is 0 Å². The highest BCUT2D eigenvalue weighted by Gasteiger charge is 2.17. The first kappa shape index (κ1) is 6.87. The first-order valence-corrected chi connectivity index (χ1v) is 4.86. The van der Waals surface area contributed by atoms with Gasteiger partial charge in [-0.25, -0.2) is 0 Å². The van der Waals surface area contributed by atoms with Crippen LogP contribution in [0.2, 0.25) is 0 Å². The third kappa shape index (κ3) is 1.16. The van der Waals surface area contributed by atoms with Crippen LogP contribution in [0.25, 0.3) is 11.1 Å². The van der Waals surface area contributed by atoms with Crippen LogP contribution in [0.5, 0.6) is 0 Å². The van der Waals surface area contributed by atoms with Crippen molar-refractivity contribution in [2.75, 3.05) is 18.0 Å². The van der Waals surface area contributed by atoms with E-state index in [-0.39, 0.29) is 6.40 Å². The normalized spacial score (nSPS) is 23.0. The van der Waals surface area contributed by atoms with E-state index in [1.165, 1.54) is 0 Å². The molecule has 0 bridgehead atoms. The number of aromatic nitrogens is 1. The molecule has 0 aliphatic carbocycles. The summed E-state index contributed by atoms with van der Waals surface area (Å²) in [6, 6.07) is 8.41. The van der Waals surface area contributed by atoms with Gasteiger partial charge in [0.05, 0.1) is 0 Å². The zero-order valence-corrected chi connectivity index (χ0v) is 7.81. The number of fused-ring (bicyclic) bond motifs is 1. The van der Waals surface area contributed by atoms with Crippen LogP contribution in [-0.2, 0) is 0 Å². The molecule has 0 N–H and O–H groups in total. The smallest absolute Gasteiger partial charge is 0.298 e. The first-order valence-electron chi connectivity index (χ1n) is 5.43. The monoisotopic (exact) mass is 189 g/mol. The van der Waals surface area contributed by atoms with Crippen molar-refractivity contribution in [3.63, 3.8) is 0 Å². The lowest BCUT2D eigenvalue weighted by Crippen LogP contribution is -2.17. The summed E-state index contributed by atoms with van der Waals surface area (Å²) in [5, 5.41) is 0. The Morgan fingerprint density at radius 3 is 3.07 bits per heavy atom. The van der Waals surface area contributed by atoms with Gasteiger partial charge in [-0.1, -0.05) is 12.1 Å². The molecular formula is C11H12N2O. The van der Waals surface area contributed by atoms with Gasteiger partial charge in [0.15, 0.2) is 5.58 Å². The van der Waals surface area contributed by atoms with E-state index in [1.54, 1.807) is 0 Å². The minimum absolute atomic E-state index is 0.0000113. The average molecular weight is 189 g/mol. The minimum Gasteiger partial charge on any atom is -0.423 e. The van der Waals surface area contributed by atoms with Crippen molar-refractivity contribution in [3.05, 3.63) is 24.3 Å². The molecule has 2 aromatic rings. The van der Waals surface area contributed by atoms with Crippen LogP contribution < -0.4 is 4.90 Å². The maximum absolute atomic E-state index is 7.64. The van der Waals surface area contributed by atoms with E-state index in [0.29, 0.717) is 6.01 Å². The summed E-state index contributed by atoms with van der Waals surface area (Å²) >= 11 is 0. The van der Waals surface area contributed by atoms with Gasteiger partial charge in [0, 0.05) is 14.5 Å². The lowest BCUT2D eigenvalue weighted by Gasteiger charge is -2.10. The van der Waals surface area contributed by atoms with E-state index >= 15 is 0 Å². The van der Waals surface area contributed by atoms with Crippen molar-refractivity contribution in [1.82, 2.24) is 4.98 Å². The standard InChI is InChI=1S/C11H12N2O/c1-2-6-10-9(5-1)12-11(14-10)13-7-3-4-8-13/h1-2,5-6H,3-4,7-8H2/i3D/t3-/m1/s1. The van der Waals surface area contributed by atoms with Gasteiger partial charge in [-0.05, 0) is 25.0 Å². The number of hydrogen-bond donors (Lipinski definition) is 0. The quantitative estimate of drug-likeness (QED) is 0.690. The van der Waals surface area contributed by atoms with Gasteiger partial charge >= 0.3 is 0 Å². The summed E-state index contributed by atoms with van der Waals surface area (Å²) in [5.74, 6) is 0. The molecule has 2 heterocycles. The van der Waals surface area contributed by atoms with Gasteiger partial charge in [-0.2, -0.15) is 4.98 Å². The molecule has 1 aliphatic rings. The fourth-order valence-corrected chi connectivity index (χ4v) is 1.75. The molecule has 1 fully saturated rings. The van der Waals surface area contributed by atoms with Gasteiger partial charge in [0.25, 0.3) is 6.01 Å². The Hall–Kier alpha value is -1.51. The molecule has 3 nitrogen and oxygen atoms in total. The van der Waals surface area contributed by atoms with E-state index in [2.05, 4.69) is 4.98 Å². The summed E-state index contributed by atoms with van der Waals surface area (Å²) in [5.41, 5.74) is 1.71. The summed E-state index contributed by atoms with van der Waals surface area (Å²) in [6.07, 6.45) is 0.902. The highest BCUT2D eigenvalue weighted by molar-refractivity contribution is 5.74. The number of anilines is 1. The average Bonchev–Trinajstić information content (AvgIpc) is 2.82. The lowest BCUT2D eigenvalue weighted by atomic mass is 10.3. The topological polar surface area (TPSA) is 29.3 Å². The largest absolute Gasteiger partial charge is 0.423 e. The Kier molecular flexibility index (Phi) is 1.48. The van der Waals surface area contributed by atoms with Crippen molar-refractivity contribution >= 4 is 17.1 Å². The molecule has 1 saturated heterocycles. The Morgan fingerprint density at radius 1 is 1.36 bits per heavy atom. The van der Waals surface area contributed by atoms with Crippen LogP contribution in [0, 0.1) is 0 Å². The molecule has 0 unspecified atom stereocenters. The van der Waals surface area contributed by atoms with Crippen LogP contribution >= 0.6 is 0 Å². The number of para-hydroxylation sites is 2. The lowest BCUT2D eigenvalue weighted by molar-refractivity contribution is 0.585. The van der Waals surface area contributed by atoms with Gasteiger partial charge in [0.1, 0.15) is 5.52 Å². The Bertz CT molecular complexity index is 449. The van der Waals surface area contributed by atoms with E-state index in [0.717, 1.165) is 30.6 Å². The number of rotatable bonds is 1. The molecule has 1 aromatic carbocycles. The molecule has 3 heteroatoms. The van der Waals surface area contributed by atoms with E-state index in [1.807, 2.05) is 29.2 Å². The molecule has 0 radical (unpaired) electrons. The predicted octanol–water partition coefficient (Wildman–Crippen LogP) is 2.43. The number of oxazole rings is 1. The molecule has 1 atom stereocenters.